The van der Waals surface area contributed by atoms with Gasteiger partial charge in [0.05, 0.1) is 13.2 Å². The van der Waals surface area contributed by atoms with Gasteiger partial charge in [-0.1, -0.05) is 36.4 Å². The van der Waals surface area contributed by atoms with Crippen LogP contribution >= 0.6 is 11.3 Å². The van der Waals surface area contributed by atoms with Gasteiger partial charge in [0.2, 0.25) is 0 Å². The van der Waals surface area contributed by atoms with E-state index in [0.29, 0.717) is 0 Å². The number of benzene rings is 2. The van der Waals surface area contributed by atoms with Gasteiger partial charge < -0.3 is 4.74 Å². The second-order valence-electron chi connectivity index (χ2n) is 5.80. The van der Waals surface area contributed by atoms with Gasteiger partial charge in [-0.3, -0.25) is 9.69 Å². The Balaban J connectivity index is 1.74. The molecule has 0 bridgehead atoms. The van der Waals surface area contributed by atoms with Crippen LogP contribution in [-0.4, -0.2) is 13.0 Å². The standard InChI is InChI=1S/C21H17NO2S/c1-24-17-11-9-16(10-12-17)22-20(15-6-3-2-4-7-15)19(21(22)23)14-18-8-5-13-25-18/h2-14,20H,1H3/b19-14-. The Kier molecular flexibility index (Phi) is 4.12. The Morgan fingerprint density at radius 1 is 1.00 bits per heavy atom. The van der Waals surface area contributed by atoms with Crippen LogP contribution < -0.4 is 9.64 Å². The first-order chi connectivity index (χ1) is 12.3. The molecule has 25 heavy (non-hydrogen) atoms. The molecule has 1 saturated heterocycles. The van der Waals surface area contributed by atoms with Gasteiger partial charge in [-0.15, -0.1) is 11.3 Å². The van der Waals surface area contributed by atoms with Crippen molar-refractivity contribution in [3.63, 3.8) is 0 Å². The van der Waals surface area contributed by atoms with Crippen molar-refractivity contribution < 1.29 is 9.53 Å². The zero-order valence-electron chi connectivity index (χ0n) is 13.8. The van der Waals surface area contributed by atoms with Crippen LogP contribution in [0.4, 0.5) is 5.69 Å². The van der Waals surface area contributed by atoms with Crippen molar-refractivity contribution in [1.29, 1.82) is 0 Å². The number of amides is 1. The molecule has 4 rings (SSSR count). The summed E-state index contributed by atoms with van der Waals surface area (Å²) in [5.74, 6) is 0.828. The van der Waals surface area contributed by atoms with Crippen LogP contribution in [0.3, 0.4) is 0 Å². The molecule has 1 atom stereocenters. The number of rotatable bonds is 4. The summed E-state index contributed by atoms with van der Waals surface area (Å²) in [6.45, 7) is 0. The number of carbonyl (C=O) groups is 1. The fraction of sp³-hybridized carbons (Fsp3) is 0.0952. The zero-order chi connectivity index (χ0) is 17.2. The molecule has 4 heteroatoms. The average molecular weight is 347 g/mol. The highest BCUT2D eigenvalue weighted by Crippen LogP contribution is 2.44. The quantitative estimate of drug-likeness (QED) is 0.495. The lowest BCUT2D eigenvalue weighted by atomic mass is 9.87. The smallest absolute Gasteiger partial charge is 0.257 e. The van der Waals surface area contributed by atoms with Gasteiger partial charge in [0.1, 0.15) is 5.75 Å². The minimum atomic E-state index is -0.0656. The minimum Gasteiger partial charge on any atom is -0.497 e. The molecule has 3 aromatic rings. The van der Waals surface area contributed by atoms with Crippen LogP contribution in [0.15, 0.2) is 77.7 Å². The van der Waals surface area contributed by atoms with Crippen molar-refractivity contribution >= 4 is 29.0 Å². The summed E-state index contributed by atoms with van der Waals surface area (Å²) in [4.78, 5) is 15.8. The van der Waals surface area contributed by atoms with E-state index in [1.165, 1.54) is 0 Å². The number of carbonyl (C=O) groups excluding carboxylic acids is 1. The summed E-state index contributed by atoms with van der Waals surface area (Å²) >= 11 is 1.64. The maximum atomic E-state index is 12.9. The highest BCUT2D eigenvalue weighted by atomic mass is 32.1. The molecule has 1 fully saturated rings. The Morgan fingerprint density at radius 3 is 2.40 bits per heavy atom. The van der Waals surface area contributed by atoms with Gasteiger partial charge in [-0.05, 0) is 47.4 Å². The lowest BCUT2D eigenvalue weighted by Crippen LogP contribution is -2.49. The third kappa shape index (κ3) is 2.85. The maximum Gasteiger partial charge on any atom is 0.257 e. The van der Waals surface area contributed by atoms with E-state index in [1.54, 1.807) is 18.4 Å². The highest BCUT2D eigenvalue weighted by Gasteiger charge is 2.43. The molecule has 3 nitrogen and oxygen atoms in total. The van der Waals surface area contributed by atoms with E-state index in [1.807, 2.05) is 71.0 Å². The van der Waals surface area contributed by atoms with Gasteiger partial charge in [0.15, 0.2) is 0 Å². The summed E-state index contributed by atoms with van der Waals surface area (Å²) in [5, 5.41) is 2.02. The van der Waals surface area contributed by atoms with Crippen LogP contribution in [-0.2, 0) is 4.79 Å². The van der Waals surface area contributed by atoms with Gasteiger partial charge >= 0.3 is 0 Å². The molecule has 0 spiro atoms. The molecule has 0 saturated carbocycles. The van der Waals surface area contributed by atoms with Crippen LogP contribution in [0.2, 0.25) is 0 Å². The fourth-order valence-electron chi connectivity index (χ4n) is 3.09. The second-order valence-corrected chi connectivity index (χ2v) is 6.78. The Bertz CT molecular complexity index is 899. The number of hydrogen-bond donors (Lipinski definition) is 0. The lowest BCUT2D eigenvalue weighted by molar-refractivity contribution is -0.118. The topological polar surface area (TPSA) is 29.5 Å². The molecule has 1 unspecified atom stereocenters. The lowest BCUT2D eigenvalue weighted by Gasteiger charge is -2.43. The van der Waals surface area contributed by atoms with Crippen molar-refractivity contribution in [3.8, 4) is 5.75 Å². The van der Waals surface area contributed by atoms with Crippen molar-refractivity contribution in [2.24, 2.45) is 0 Å². The third-order valence-electron chi connectivity index (χ3n) is 4.33. The number of anilines is 1. The van der Waals surface area contributed by atoms with E-state index in [-0.39, 0.29) is 11.9 Å². The molecule has 124 valence electrons. The normalized spacial score (nSPS) is 18.3. The molecule has 1 amide bonds. The Morgan fingerprint density at radius 2 is 1.76 bits per heavy atom. The monoisotopic (exact) mass is 347 g/mol. The molecule has 2 heterocycles. The van der Waals surface area contributed by atoms with E-state index >= 15 is 0 Å². The molecular formula is C21H17NO2S. The van der Waals surface area contributed by atoms with E-state index in [0.717, 1.165) is 27.5 Å². The summed E-state index contributed by atoms with van der Waals surface area (Å²) in [5.41, 5.74) is 2.81. The fourth-order valence-corrected chi connectivity index (χ4v) is 3.75. The predicted molar refractivity (Wildman–Crippen MR) is 102 cm³/mol. The van der Waals surface area contributed by atoms with Crippen molar-refractivity contribution in [2.45, 2.75) is 6.04 Å². The zero-order valence-corrected chi connectivity index (χ0v) is 14.6. The number of ether oxygens (including phenoxy) is 1. The van der Waals surface area contributed by atoms with E-state index < -0.39 is 0 Å². The largest absolute Gasteiger partial charge is 0.497 e. The average Bonchev–Trinajstić information content (AvgIpc) is 3.18. The van der Waals surface area contributed by atoms with E-state index in [9.17, 15) is 4.79 Å². The van der Waals surface area contributed by atoms with Crippen LogP contribution in [0.25, 0.3) is 6.08 Å². The molecule has 0 radical (unpaired) electrons. The molecule has 2 aromatic carbocycles. The molecule has 0 aliphatic carbocycles. The number of thiophene rings is 1. The van der Waals surface area contributed by atoms with Crippen LogP contribution in [0.5, 0.6) is 5.75 Å². The first kappa shape index (κ1) is 15.7. The molecule has 0 N–H and O–H groups in total. The van der Waals surface area contributed by atoms with E-state index in [4.69, 9.17) is 4.74 Å². The van der Waals surface area contributed by atoms with Gasteiger partial charge in [-0.2, -0.15) is 0 Å². The Hall–Kier alpha value is -2.85. The summed E-state index contributed by atoms with van der Waals surface area (Å²) in [6.07, 6.45) is 2.00. The first-order valence-electron chi connectivity index (χ1n) is 8.05. The SMILES string of the molecule is COc1ccc(N2C(=O)/C(=C\c3cccs3)C2c2ccccc2)cc1. The number of methoxy groups -OCH3 is 1. The first-order valence-corrected chi connectivity index (χ1v) is 8.93. The van der Waals surface area contributed by atoms with Crippen LogP contribution in [0.1, 0.15) is 16.5 Å². The number of hydrogen-bond acceptors (Lipinski definition) is 3. The minimum absolute atomic E-state index is 0.0485. The van der Waals surface area contributed by atoms with Gasteiger partial charge in [-0.25, -0.2) is 0 Å². The second kappa shape index (κ2) is 6.57. The maximum absolute atomic E-state index is 12.9. The Labute approximate surface area is 150 Å². The summed E-state index contributed by atoms with van der Waals surface area (Å²) in [6, 6.07) is 21.7. The highest BCUT2D eigenvalue weighted by molar-refractivity contribution is 7.10. The molecular weight excluding hydrogens is 330 g/mol. The van der Waals surface area contributed by atoms with Gasteiger partial charge in [0.25, 0.3) is 5.91 Å². The number of β-lactam (4-membered cyclic amide) rings is 1. The molecule has 1 aromatic heterocycles. The van der Waals surface area contributed by atoms with Crippen molar-refractivity contribution in [1.82, 2.24) is 0 Å². The predicted octanol–water partition coefficient (Wildman–Crippen LogP) is 4.93. The molecule has 1 aliphatic heterocycles. The van der Waals surface area contributed by atoms with Crippen molar-refractivity contribution in [2.75, 3.05) is 12.0 Å². The summed E-state index contributed by atoms with van der Waals surface area (Å²) in [7, 11) is 1.64. The molecule has 1 aliphatic rings. The third-order valence-corrected chi connectivity index (χ3v) is 5.14. The number of nitrogens with zero attached hydrogens (tertiary/aromatic N) is 1. The van der Waals surface area contributed by atoms with E-state index in [2.05, 4.69) is 12.1 Å². The van der Waals surface area contributed by atoms with Gasteiger partial charge in [0, 0.05) is 16.1 Å². The van der Waals surface area contributed by atoms with Crippen molar-refractivity contribution in [3.05, 3.63) is 88.1 Å². The van der Waals surface area contributed by atoms with Crippen LogP contribution in [0, 0.1) is 0 Å². The summed E-state index contributed by atoms with van der Waals surface area (Å²) < 4.78 is 5.22.